The minimum Gasteiger partial charge on any atom is -0.466 e. The third-order valence-corrected chi connectivity index (χ3v) is 3.36. The molecule has 0 spiro atoms. The van der Waals surface area contributed by atoms with E-state index in [1.807, 2.05) is 6.92 Å². The van der Waals surface area contributed by atoms with Crippen molar-refractivity contribution in [3.8, 4) is 0 Å². The van der Waals surface area contributed by atoms with Gasteiger partial charge in [-0.05, 0) is 42.8 Å². The van der Waals surface area contributed by atoms with Gasteiger partial charge in [0.2, 0.25) is 0 Å². The van der Waals surface area contributed by atoms with Gasteiger partial charge in [0.05, 0.1) is 5.56 Å². The van der Waals surface area contributed by atoms with E-state index in [0.717, 1.165) is 5.56 Å². The average Bonchev–Trinajstić information content (AvgIpc) is 2.58. The number of anilines is 1. The lowest BCUT2D eigenvalue weighted by molar-refractivity contribution is 0.102. The van der Waals surface area contributed by atoms with Crippen LogP contribution in [0.1, 0.15) is 27.4 Å². The van der Waals surface area contributed by atoms with Crippen LogP contribution in [0, 0.1) is 20.8 Å². The van der Waals surface area contributed by atoms with Crippen LogP contribution in [-0.2, 0) is 0 Å². The first kappa shape index (κ1) is 13.6. The highest BCUT2D eigenvalue weighted by molar-refractivity contribution is 9.10. The van der Waals surface area contributed by atoms with Gasteiger partial charge >= 0.3 is 0 Å². The molecule has 19 heavy (non-hydrogen) atoms. The zero-order valence-electron chi connectivity index (χ0n) is 10.8. The summed E-state index contributed by atoms with van der Waals surface area (Å²) in [5, 5.41) is 2.59. The fourth-order valence-corrected chi connectivity index (χ4v) is 2.21. The molecule has 2 aromatic heterocycles. The Morgan fingerprint density at radius 3 is 2.58 bits per heavy atom. The number of hydrogen-bond donors (Lipinski definition) is 2. The van der Waals surface area contributed by atoms with E-state index in [4.69, 9.17) is 4.42 Å². The van der Waals surface area contributed by atoms with Crippen LogP contribution in [-0.4, -0.2) is 10.9 Å². The number of carbonyl (C=O) groups excluding carboxylic acids is 1. The number of hydrogen-bond acceptors (Lipinski definition) is 3. The van der Waals surface area contributed by atoms with E-state index in [-0.39, 0.29) is 17.2 Å². The summed E-state index contributed by atoms with van der Waals surface area (Å²) in [7, 11) is 0. The highest BCUT2D eigenvalue weighted by Gasteiger charge is 2.19. The second-order valence-electron chi connectivity index (χ2n) is 4.23. The van der Waals surface area contributed by atoms with Crippen molar-refractivity contribution in [2.45, 2.75) is 20.8 Å². The Morgan fingerprint density at radius 2 is 2.00 bits per heavy atom. The molecular weight excluding hydrogens is 312 g/mol. The van der Waals surface area contributed by atoms with Crippen molar-refractivity contribution in [3.63, 3.8) is 0 Å². The molecule has 0 saturated heterocycles. The lowest BCUT2D eigenvalue weighted by atomic mass is 10.1. The smallest absolute Gasteiger partial charge is 0.271 e. The number of furan rings is 1. The number of rotatable bonds is 2. The summed E-state index contributed by atoms with van der Waals surface area (Å²) in [5.74, 6) is 0.889. The first-order valence-electron chi connectivity index (χ1n) is 5.66. The van der Waals surface area contributed by atoms with Gasteiger partial charge in [0.15, 0.2) is 0 Å². The van der Waals surface area contributed by atoms with Crippen molar-refractivity contribution in [1.82, 2.24) is 4.98 Å². The van der Waals surface area contributed by atoms with Gasteiger partial charge in [-0.15, -0.1) is 0 Å². The molecular formula is C13H13BrN2O3. The lowest BCUT2D eigenvalue weighted by Gasteiger charge is -2.04. The Morgan fingerprint density at radius 1 is 1.32 bits per heavy atom. The number of amides is 1. The standard InChI is InChI=1S/C13H13BrN2O3/c1-6-7(2)19-8(3)11(6)13(18)16-10-4-9(14)5-15-12(10)17/h4-5H,1-3H3,(H,15,17)(H,16,18). The van der Waals surface area contributed by atoms with Crippen LogP contribution in [0.25, 0.3) is 0 Å². The van der Waals surface area contributed by atoms with Crippen molar-refractivity contribution in [2.24, 2.45) is 0 Å². The van der Waals surface area contributed by atoms with E-state index < -0.39 is 0 Å². The van der Waals surface area contributed by atoms with Gasteiger partial charge in [0, 0.05) is 16.2 Å². The van der Waals surface area contributed by atoms with Gasteiger partial charge in [0.25, 0.3) is 11.5 Å². The van der Waals surface area contributed by atoms with Gasteiger partial charge in [-0.1, -0.05) is 0 Å². The molecule has 0 atom stereocenters. The summed E-state index contributed by atoms with van der Waals surface area (Å²) in [6.07, 6.45) is 1.51. The number of nitrogens with one attached hydrogen (secondary N) is 2. The van der Waals surface area contributed by atoms with Crippen molar-refractivity contribution in [1.29, 1.82) is 0 Å². The molecule has 0 aliphatic carbocycles. The molecule has 0 aromatic carbocycles. The number of pyridine rings is 1. The molecule has 2 heterocycles. The molecule has 0 aliphatic rings. The second kappa shape index (κ2) is 5.05. The van der Waals surface area contributed by atoms with Crippen LogP contribution in [0.15, 0.2) is 25.9 Å². The Hall–Kier alpha value is -1.82. The van der Waals surface area contributed by atoms with Crippen LogP contribution >= 0.6 is 15.9 Å². The number of aryl methyl sites for hydroxylation is 2. The summed E-state index contributed by atoms with van der Waals surface area (Å²) in [5.41, 5.74) is 1.09. The molecule has 2 N–H and O–H groups in total. The number of aromatic nitrogens is 1. The number of H-pyrrole nitrogens is 1. The largest absolute Gasteiger partial charge is 0.466 e. The molecule has 0 unspecified atom stereocenters. The van der Waals surface area contributed by atoms with Crippen molar-refractivity contribution in [2.75, 3.05) is 5.32 Å². The quantitative estimate of drug-likeness (QED) is 0.891. The third-order valence-electron chi connectivity index (χ3n) is 2.90. The summed E-state index contributed by atoms with van der Waals surface area (Å²) in [4.78, 5) is 26.3. The van der Waals surface area contributed by atoms with Crippen LogP contribution in [0.2, 0.25) is 0 Å². The van der Waals surface area contributed by atoms with E-state index in [1.54, 1.807) is 19.9 Å². The van der Waals surface area contributed by atoms with Crippen LogP contribution < -0.4 is 10.9 Å². The topological polar surface area (TPSA) is 75.1 Å². The SMILES string of the molecule is Cc1oc(C)c(C(=O)Nc2cc(Br)c[nH]c2=O)c1C. The number of carbonyl (C=O) groups is 1. The van der Waals surface area contributed by atoms with Crippen LogP contribution in [0.3, 0.4) is 0 Å². The molecule has 0 radical (unpaired) electrons. The fourth-order valence-electron chi connectivity index (χ4n) is 1.86. The van der Waals surface area contributed by atoms with E-state index >= 15 is 0 Å². The van der Waals surface area contributed by atoms with Crippen molar-refractivity contribution in [3.05, 3.63) is 49.7 Å². The maximum absolute atomic E-state index is 12.2. The van der Waals surface area contributed by atoms with Gasteiger partial charge in [0.1, 0.15) is 17.2 Å². The molecule has 1 amide bonds. The fraction of sp³-hybridized carbons (Fsp3) is 0.231. The number of halogens is 1. The summed E-state index contributed by atoms with van der Waals surface area (Å²) in [6, 6.07) is 1.55. The summed E-state index contributed by atoms with van der Waals surface area (Å²) in [6.45, 7) is 5.33. The lowest BCUT2D eigenvalue weighted by Crippen LogP contribution is -2.20. The average molecular weight is 325 g/mol. The van der Waals surface area contributed by atoms with E-state index in [9.17, 15) is 9.59 Å². The monoisotopic (exact) mass is 324 g/mol. The molecule has 0 saturated carbocycles. The highest BCUT2D eigenvalue weighted by atomic mass is 79.9. The zero-order valence-corrected chi connectivity index (χ0v) is 12.3. The van der Waals surface area contributed by atoms with Gasteiger partial charge in [-0.3, -0.25) is 9.59 Å². The number of aromatic amines is 1. The predicted molar refractivity (Wildman–Crippen MR) is 75.6 cm³/mol. The molecule has 0 fully saturated rings. The molecule has 5 nitrogen and oxygen atoms in total. The molecule has 0 bridgehead atoms. The summed E-state index contributed by atoms with van der Waals surface area (Å²) >= 11 is 3.24. The second-order valence-corrected chi connectivity index (χ2v) is 5.14. The zero-order chi connectivity index (χ0) is 14.2. The maximum atomic E-state index is 12.2. The maximum Gasteiger partial charge on any atom is 0.271 e. The summed E-state index contributed by atoms with van der Waals surface area (Å²) < 4.78 is 6.08. The Kier molecular flexibility index (Phi) is 3.61. The third kappa shape index (κ3) is 2.63. The normalized spacial score (nSPS) is 10.5. The van der Waals surface area contributed by atoms with E-state index in [1.165, 1.54) is 6.20 Å². The molecule has 0 aliphatic heterocycles. The first-order chi connectivity index (χ1) is 8.90. The molecule has 2 aromatic rings. The van der Waals surface area contributed by atoms with Crippen LogP contribution in [0.4, 0.5) is 5.69 Å². The van der Waals surface area contributed by atoms with Crippen molar-refractivity contribution < 1.29 is 9.21 Å². The Balaban J connectivity index is 2.36. The van der Waals surface area contributed by atoms with Crippen LogP contribution in [0.5, 0.6) is 0 Å². The predicted octanol–water partition coefficient (Wildman–Crippen LogP) is 2.91. The minimum absolute atomic E-state index is 0.192. The molecule has 100 valence electrons. The van der Waals surface area contributed by atoms with E-state index in [2.05, 4.69) is 26.2 Å². The van der Waals surface area contributed by atoms with Crippen molar-refractivity contribution >= 4 is 27.5 Å². The van der Waals surface area contributed by atoms with Gasteiger partial charge < -0.3 is 14.7 Å². The van der Waals surface area contributed by atoms with E-state index in [0.29, 0.717) is 21.6 Å². The first-order valence-corrected chi connectivity index (χ1v) is 6.45. The highest BCUT2D eigenvalue weighted by Crippen LogP contribution is 2.21. The Labute approximate surface area is 118 Å². The van der Waals surface area contributed by atoms with Gasteiger partial charge in [-0.25, -0.2) is 0 Å². The Bertz CT molecular complexity index is 700. The van der Waals surface area contributed by atoms with Gasteiger partial charge in [-0.2, -0.15) is 0 Å². The molecule has 2 rings (SSSR count). The molecule has 6 heteroatoms. The minimum atomic E-state index is -0.355.